The number of cyclic esters (lactones) is 2. The van der Waals surface area contributed by atoms with Crippen LogP contribution in [0.4, 0.5) is 0 Å². The van der Waals surface area contributed by atoms with Gasteiger partial charge in [-0.25, -0.2) is 0 Å². The van der Waals surface area contributed by atoms with Crippen LogP contribution in [0.2, 0.25) is 0 Å². The minimum atomic E-state index is -0.398. The number of rotatable bonds is 0. The van der Waals surface area contributed by atoms with Gasteiger partial charge < -0.3 is 4.74 Å². The molecular weight excluding hydrogens is 134 g/mol. The molecule has 0 aromatic rings. The molecule has 1 heterocycles. The molecule has 0 atom stereocenters. The van der Waals surface area contributed by atoms with Crippen molar-refractivity contribution in [1.82, 2.24) is 0 Å². The highest BCUT2D eigenvalue weighted by atomic mass is 16.6. The average molecular weight is 141 g/mol. The summed E-state index contributed by atoms with van der Waals surface area (Å²) in [5, 5.41) is 7.32. The maximum absolute atomic E-state index is 10.0. The normalized spacial score (nSPS) is 14.8. The van der Waals surface area contributed by atoms with Crippen molar-refractivity contribution < 1.29 is 14.3 Å². The molecule has 0 saturated carbocycles. The second-order valence-corrected chi connectivity index (χ2v) is 1.57. The zero-order chi connectivity index (χ0) is 7.98. The quantitative estimate of drug-likeness (QED) is 0.361. The predicted octanol–water partition coefficient (Wildman–Crippen LogP) is 0.380. The average Bonchev–Trinajstić information content (AvgIpc) is 2.17. The molecule has 0 aromatic heterocycles. The van der Waals surface area contributed by atoms with Gasteiger partial charge in [-0.3, -0.25) is 9.59 Å². The third kappa shape index (κ3) is 3.61. The van der Waals surface area contributed by atoms with Crippen molar-refractivity contribution in [1.29, 1.82) is 5.26 Å². The lowest BCUT2D eigenvalue weighted by molar-refractivity contribution is -0.151. The number of carbonyl (C=O) groups excluding carboxylic acids is 2. The van der Waals surface area contributed by atoms with Crippen molar-refractivity contribution in [2.24, 2.45) is 0 Å². The van der Waals surface area contributed by atoms with Gasteiger partial charge in [0.1, 0.15) is 0 Å². The monoisotopic (exact) mass is 141 g/mol. The van der Waals surface area contributed by atoms with Crippen molar-refractivity contribution >= 4 is 11.9 Å². The molecule has 0 aromatic carbocycles. The van der Waals surface area contributed by atoms with E-state index < -0.39 is 11.9 Å². The van der Waals surface area contributed by atoms with Gasteiger partial charge in [0, 0.05) is 6.92 Å². The minimum Gasteiger partial charge on any atom is -0.393 e. The van der Waals surface area contributed by atoms with Crippen LogP contribution < -0.4 is 0 Å². The largest absolute Gasteiger partial charge is 0.393 e. The summed E-state index contributed by atoms with van der Waals surface area (Å²) >= 11 is 0. The highest BCUT2D eigenvalue weighted by molar-refractivity contribution is 5.92. The molecular formula is C6H7NO3. The third-order valence-electron chi connectivity index (χ3n) is 0.761. The van der Waals surface area contributed by atoms with Gasteiger partial charge in [0.2, 0.25) is 0 Å². The molecule has 4 heteroatoms. The summed E-state index contributed by atoms with van der Waals surface area (Å²) in [6.45, 7) is 1.43. The number of hydrogen-bond donors (Lipinski definition) is 0. The molecule has 0 radical (unpaired) electrons. The number of hydrogen-bond acceptors (Lipinski definition) is 4. The fourth-order valence-electron chi connectivity index (χ4n) is 0.433. The fraction of sp³-hybridized carbons (Fsp3) is 0.500. The molecule has 1 aliphatic rings. The van der Waals surface area contributed by atoms with Gasteiger partial charge in [-0.15, -0.1) is 0 Å². The van der Waals surface area contributed by atoms with Gasteiger partial charge in [-0.2, -0.15) is 5.26 Å². The summed E-state index contributed by atoms with van der Waals surface area (Å²) in [6, 6.07) is 1.75. The SMILES string of the molecule is CC#N.O=C1CCC(=O)O1. The number of esters is 2. The van der Waals surface area contributed by atoms with Crippen molar-refractivity contribution in [3.8, 4) is 6.07 Å². The molecule has 0 N–H and O–H groups in total. The number of ether oxygens (including phenoxy) is 1. The van der Waals surface area contributed by atoms with E-state index in [2.05, 4.69) is 4.74 Å². The molecule has 1 fully saturated rings. The maximum atomic E-state index is 10.0. The van der Waals surface area contributed by atoms with Crippen LogP contribution in [0.3, 0.4) is 0 Å². The van der Waals surface area contributed by atoms with Gasteiger partial charge in [0.25, 0.3) is 0 Å². The van der Waals surface area contributed by atoms with Crippen molar-refractivity contribution in [3.63, 3.8) is 0 Å². The van der Waals surface area contributed by atoms with E-state index in [1.807, 2.05) is 0 Å². The van der Waals surface area contributed by atoms with Crippen LogP contribution in [0.5, 0.6) is 0 Å². The molecule has 0 spiro atoms. The Bertz CT molecular complexity index is 166. The lowest BCUT2D eigenvalue weighted by Crippen LogP contribution is -1.94. The van der Waals surface area contributed by atoms with E-state index in [4.69, 9.17) is 5.26 Å². The summed E-state index contributed by atoms with van der Waals surface area (Å²) in [4.78, 5) is 20.0. The second-order valence-electron chi connectivity index (χ2n) is 1.57. The first-order valence-electron chi connectivity index (χ1n) is 2.75. The third-order valence-corrected chi connectivity index (χ3v) is 0.761. The van der Waals surface area contributed by atoms with Crippen LogP contribution in [-0.4, -0.2) is 11.9 Å². The molecule has 0 bridgehead atoms. The summed E-state index contributed by atoms with van der Waals surface area (Å²) in [5.74, 6) is -0.796. The van der Waals surface area contributed by atoms with Gasteiger partial charge in [0.15, 0.2) is 0 Å². The first-order valence-corrected chi connectivity index (χ1v) is 2.75. The van der Waals surface area contributed by atoms with Crippen LogP contribution in [0.15, 0.2) is 0 Å². The van der Waals surface area contributed by atoms with Crippen molar-refractivity contribution in [2.75, 3.05) is 0 Å². The zero-order valence-corrected chi connectivity index (χ0v) is 5.59. The first kappa shape index (κ1) is 8.63. The van der Waals surface area contributed by atoms with Gasteiger partial charge >= 0.3 is 11.9 Å². The van der Waals surface area contributed by atoms with E-state index >= 15 is 0 Å². The summed E-state index contributed by atoms with van der Waals surface area (Å²) in [7, 11) is 0. The Morgan fingerprint density at radius 1 is 1.40 bits per heavy atom. The van der Waals surface area contributed by atoms with Crippen molar-refractivity contribution in [3.05, 3.63) is 0 Å². The molecule has 1 saturated heterocycles. The molecule has 4 nitrogen and oxygen atoms in total. The maximum Gasteiger partial charge on any atom is 0.314 e. The highest BCUT2D eigenvalue weighted by Crippen LogP contribution is 2.03. The van der Waals surface area contributed by atoms with E-state index in [-0.39, 0.29) is 12.8 Å². The second kappa shape index (κ2) is 4.50. The summed E-state index contributed by atoms with van der Waals surface area (Å²) in [6.07, 6.45) is 0.525. The number of carbonyl (C=O) groups is 2. The number of nitrogens with zero attached hydrogens (tertiary/aromatic N) is 1. The van der Waals surface area contributed by atoms with E-state index in [1.165, 1.54) is 6.92 Å². The van der Waals surface area contributed by atoms with Gasteiger partial charge in [-0.1, -0.05) is 0 Å². The van der Waals surface area contributed by atoms with Crippen LogP contribution >= 0.6 is 0 Å². The van der Waals surface area contributed by atoms with E-state index in [0.717, 1.165) is 0 Å². The molecule has 1 aliphatic heterocycles. The van der Waals surface area contributed by atoms with Crippen LogP contribution in [0.25, 0.3) is 0 Å². The first-order chi connectivity index (χ1) is 4.70. The van der Waals surface area contributed by atoms with Gasteiger partial charge in [0.05, 0.1) is 18.9 Å². The van der Waals surface area contributed by atoms with Crippen LogP contribution in [-0.2, 0) is 14.3 Å². The van der Waals surface area contributed by atoms with E-state index in [1.54, 1.807) is 6.07 Å². The number of nitriles is 1. The molecule has 54 valence electrons. The van der Waals surface area contributed by atoms with E-state index in [0.29, 0.717) is 0 Å². The fourth-order valence-corrected chi connectivity index (χ4v) is 0.433. The zero-order valence-electron chi connectivity index (χ0n) is 5.59. The Morgan fingerprint density at radius 2 is 1.70 bits per heavy atom. The van der Waals surface area contributed by atoms with Crippen LogP contribution in [0, 0.1) is 11.3 Å². The Hall–Kier alpha value is -1.37. The predicted molar refractivity (Wildman–Crippen MR) is 31.6 cm³/mol. The smallest absolute Gasteiger partial charge is 0.314 e. The standard InChI is InChI=1S/C4H4O3.C2H3N/c5-3-1-2-4(6)7-3;1-2-3/h1-2H2;1H3. The molecule has 10 heavy (non-hydrogen) atoms. The Morgan fingerprint density at radius 3 is 1.80 bits per heavy atom. The Kier molecular flexibility index (Phi) is 3.89. The summed E-state index contributed by atoms with van der Waals surface area (Å²) in [5.41, 5.74) is 0. The minimum absolute atomic E-state index is 0.263. The molecule has 0 amide bonds. The van der Waals surface area contributed by atoms with Crippen LogP contribution in [0.1, 0.15) is 19.8 Å². The van der Waals surface area contributed by atoms with Crippen molar-refractivity contribution in [2.45, 2.75) is 19.8 Å². The van der Waals surface area contributed by atoms with E-state index in [9.17, 15) is 9.59 Å². The summed E-state index contributed by atoms with van der Waals surface area (Å²) < 4.78 is 4.08. The molecule has 0 aliphatic carbocycles. The molecule has 0 unspecified atom stereocenters. The lowest BCUT2D eigenvalue weighted by atomic mass is 10.4. The molecule has 1 rings (SSSR count). The topological polar surface area (TPSA) is 67.2 Å². The van der Waals surface area contributed by atoms with Gasteiger partial charge in [-0.05, 0) is 0 Å². The Balaban J connectivity index is 0.000000236. The lowest BCUT2D eigenvalue weighted by Gasteiger charge is -1.79. The highest BCUT2D eigenvalue weighted by Gasteiger charge is 2.19. The Labute approximate surface area is 58.4 Å².